The number of nitrogens with two attached hydrogens (primary N) is 1. The third-order valence-corrected chi connectivity index (χ3v) is 3.70. The van der Waals surface area contributed by atoms with Crippen LogP contribution in [0.4, 0.5) is 0 Å². The largest absolute Gasteiger partial charge is 0.369 e. The van der Waals surface area contributed by atoms with Gasteiger partial charge in [0.1, 0.15) is 0 Å². The van der Waals surface area contributed by atoms with Gasteiger partial charge in [0, 0.05) is 10.9 Å². The zero-order chi connectivity index (χ0) is 14.5. The normalized spacial score (nSPS) is 12.1. The summed E-state index contributed by atoms with van der Waals surface area (Å²) in [6.07, 6.45) is 1.64. The first kappa shape index (κ1) is 14.6. The second kappa shape index (κ2) is 6.58. The summed E-state index contributed by atoms with van der Waals surface area (Å²) < 4.78 is 0. The average molecular weight is 288 g/mol. The molecular formula is C17H18ClNO. The first-order valence-electron chi connectivity index (χ1n) is 6.70. The van der Waals surface area contributed by atoms with Gasteiger partial charge in [0.05, 0.1) is 0 Å². The molecule has 2 aromatic rings. The molecule has 1 amide bonds. The number of halogens is 1. The number of hydrogen-bond donors (Lipinski definition) is 1. The van der Waals surface area contributed by atoms with Gasteiger partial charge in [0.2, 0.25) is 5.91 Å². The van der Waals surface area contributed by atoms with Crippen molar-refractivity contribution in [3.8, 4) is 11.1 Å². The Morgan fingerprint density at radius 2 is 1.85 bits per heavy atom. The molecule has 2 N–H and O–H groups in total. The Kier molecular flexibility index (Phi) is 4.80. The molecule has 0 heterocycles. The van der Waals surface area contributed by atoms with Crippen LogP contribution in [-0.4, -0.2) is 5.91 Å². The summed E-state index contributed by atoms with van der Waals surface area (Å²) in [7, 11) is 0. The molecule has 0 bridgehead atoms. The Hall–Kier alpha value is -1.80. The maximum absolute atomic E-state index is 11.0. The van der Waals surface area contributed by atoms with Crippen molar-refractivity contribution in [1.82, 2.24) is 0 Å². The van der Waals surface area contributed by atoms with E-state index < -0.39 is 0 Å². The number of carbonyl (C=O) groups excluding carboxylic acids is 1. The van der Waals surface area contributed by atoms with E-state index in [2.05, 4.69) is 24.3 Å². The van der Waals surface area contributed by atoms with E-state index in [1.165, 1.54) is 5.56 Å². The fourth-order valence-corrected chi connectivity index (χ4v) is 2.25. The van der Waals surface area contributed by atoms with E-state index in [-0.39, 0.29) is 11.8 Å². The van der Waals surface area contributed by atoms with Crippen LogP contribution in [0.25, 0.3) is 11.1 Å². The van der Waals surface area contributed by atoms with Gasteiger partial charge in [0.25, 0.3) is 0 Å². The summed E-state index contributed by atoms with van der Waals surface area (Å²) in [4.78, 5) is 11.0. The second-order valence-corrected chi connectivity index (χ2v) is 5.49. The van der Waals surface area contributed by atoms with Gasteiger partial charge in [-0.2, -0.15) is 0 Å². The number of rotatable bonds is 5. The smallest absolute Gasteiger partial charge is 0.220 e. The Bertz CT molecular complexity index is 592. The van der Waals surface area contributed by atoms with Crippen LogP contribution in [0.1, 0.15) is 18.9 Å². The van der Waals surface area contributed by atoms with Crippen molar-refractivity contribution in [3.05, 3.63) is 59.1 Å². The Morgan fingerprint density at radius 3 is 2.45 bits per heavy atom. The van der Waals surface area contributed by atoms with Crippen molar-refractivity contribution in [2.24, 2.45) is 11.7 Å². The summed E-state index contributed by atoms with van der Waals surface area (Å²) >= 11 is 6.00. The highest BCUT2D eigenvalue weighted by Gasteiger charge is 2.08. The Morgan fingerprint density at radius 1 is 1.15 bits per heavy atom. The predicted molar refractivity (Wildman–Crippen MR) is 83.6 cm³/mol. The van der Waals surface area contributed by atoms with Gasteiger partial charge < -0.3 is 5.73 Å². The molecule has 0 fully saturated rings. The lowest BCUT2D eigenvalue weighted by Gasteiger charge is -2.08. The number of benzene rings is 2. The van der Waals surface area contributed by atoms with E-state index in [1.807, 2.05) is 31.2 Å². The number of amides is 1. The second-order valence-electron chi connectivity index (χ2n) is 5.05. The molecule has 0 unspecified atom stereocenters. The van der Waals surface area contributed by atoms with Crippen LogP contribution in [0.5, 0.6) is 0 Å². The van der Waals surface area contributed by atoms with Crippen LogP contribution in [-0.2, 0) is 11.2 Å². The number of primary amides is 1. The summed E-state index contributed by atoms with van der Waals surface area (Å²) in [5.74, 6) is -0.317. The van der Waals surface area contributed by atoms with Gasteiger partial charge in [-0.15, -0.1) is 0 Å². The molecule has 0 aliphatic rings. The lowest BCUT2D eigenvalue weighted by molar-refractivity contribution is -0.121. The SMILES string of the molecule is C[C@H](CCc1ccc(-c2cccc(Cl)c2)cc1)C(N)=O. The average Bonchev–Trinajstić information content (AvgIpc) is 2.45. The number of carbonyl (C=O) groups is 1. The van der Waals surface area contributed by atoms with Crippen molar-refractivity contribution >= 4 is 17.5 Å². The minimum absolute atomic E-state index is 0.0809. The highest BCUT2D eigenvalue weighted by Crippen LogP contribution is 2.23. The third kappa shape index (κ3) is 3.84. The predicted octanol–water partition coefficient (Wildman–Crippen LogP) is 4.06. The number of aryl methyl sites for hydroxylation is 1. The van der Waals surface area contributed by atoms with Crippen LogP contribution in [0.15, 0.2) is 48.5 Å². The molecule has 0 saturated heterocycles. The fourth-order valence-electron chi connectivity index (χ4n) is 2.06. The van der Waals surface area contributed by atoms with E-state index in [9.17, 15) is 4.79 Å². The highest BCUT2D eigenvalue weighted by molar-refractivity contribution is 6.30. The van der Waals surface area contributed by atoms with E-state index in [0.29, 0.717) is 0 Å². The van der Waals surface area contributed by atoms with Gasteiger partial charge >= 0.3 is 0 Å². The molecule has 0 saturated carbocycles. The van der Waals surface area contributed by atoms with E-state index in [1.54, 1.807) is 0 Å². The molecule has 0 spiro atoms. The lowest BCUT2D eigenvalue weighted by Crippen LogP contribution is -2.20. The Balaban J connectivity index is 2.05. The molecule has 2 rings (SSSR count). The van der Waals surface area contributed by atoms with E-state index in [4.69, 9.17) is 17.3 Å². The molecule has 104 valence electrons. The van der Waals surface area contributed by atoms with Crippen LogP contribution in [0, 0.1) is 5.92 Å². The van der Waals surface area contributed by atoms with Crippen LogP contribution >= 0.6 is 11.6 Å². The first-order chi connectivity index (χ1) is 9.56. The molecule has 0 radical (unpaired) electrons. The van der Waals surface area contributed by atoms with Gasteiger partial charge in [-0.25, -0.2) is 0 Å². The van der Waals surface area contributed by atoms with Crippen LogP contribution in [0.3, 0.4) is 0 Å². The summed E-state index contributed by atoms with van der Waals surface area (Å²) in [6, 6.07) is 16.1. The quantitative estimate of drug-likeness (QED) is 0.885. The van der Waals surface area contributed by atoms with Crippen molar-refractivity contribution in [2.45, 2.75) is 19.8 Å². The zero-order valence-corrected chi connectivity index (χ0v) is 12.2. The summed E-state index contributed by atoms with van der Waals surface area (Å²) in [5, 5.41) is 0.738. The van der Waals surface area contributed by atoms with Gasteiger partial charge in [-0.05, 0) is 41.7 Å². The fraction of sp³-hybridized carbons (Fsp3) is 0.235. The van der Waals surface area contributed by atoms with Crippen molar-refractivity contribution in [2.75, 3.05) is 0 Å². The molecule has 3 heteroatoms. The zero-order valence-electron chi connectivity index (χ0n) is 11.5. The van der Waals surface area contributed by atoms with Crippen molar-refractivity contribution in [3.63, 3.8) is 0 Å². The molecule has 20 heavy (non-hydrogen) atoms. The molecule has 2 aromatic carbocycles. The lowest BCUT2D eigenvalue weighted by atomic mass is 9.98. The highest BCUT2D eigenvalue weighted by atomic mass is 35.5. The van der Waals surface area contributed by atoms with Gasteiger partial charge in [-0.1, -0.05) is 54.9 Å². The monoisotopic (exact) mass is 287 g/mol. The maximum atomic E-state index is 11.0. The minimum atomic E-state index is -0.236. The van der Waals surface area contributed by atoms with Crippen LogP contribution < -0.4 is 5.73 Å². The van der Waals surface area contributed by atoms with Crippen molar-refractivity contribution < 1.29 is 4.79 Å². The molecule has 0 aromatic heterocycles. The first-order valence-corrected chi connectivity index (χ1v) is 7.08. The van der Waals surface area contributed by atoms with Gasteiger partial charge in [0.15, 0.2) is 0 Å². The maximum Gasteiger partial charge on any atom is 0.220 e. The van der Waals surface area contributed by atoms with Crippen LogP contribution in [0.2, 0.25) is 5.02 Å². The molecular weight excluding hydrogens is 270 g/mol. The van der Waals surface area contributed by atoms with E-state index >= 15 is 0 Å². The van der Waals surface area contributed by atoms with Crippen molar-refractivity contribution in [1.29, 1.82) is 0 Å². The third-order valence-electron chi connectivity index (χ3n) is 3.46. The Labute approximate surface area is 124 Å². The molecule has 1 atom stereocenters. The molecule has 0 aliphatic heterocycles. The topological polar surface area (TPSA) is 43.1 Å². The van der Waals surface area contributed by atoms with E-state index in [0.717, 1.165) is 29.0 Å². The summed E-state index contributed by atoms with van der Waals surface area (Å²) in [6.45, 7) is 1.86. The minimum Gasteiger partial charge on any atom is -0.369 e. The van der Waals surface area contributed by atoms with Gasteiger partial charge in [-0.3, -0.25) is 4.79 Å². The summed E-state index contributed by atoms with van der Waals surface area (Å²) in [5.41, 5.74) is 8.72. The molecule has 0 aliphatic carbocycles. The standard InChI is InChI=1S/C17H18ClNO/c1-12(17(19)20)5-6-13-7-9-14(10-8-13)15-3-2-4-16(18)11-15/h2-4,7-12H,5-6H2,1H3,(H2,19,20)/t12-/m1/s1. The molecule has 2 nitrogen and oxygen atoms in total. The number of hydrogen-bond acceptors (Lipinski definition) is 1.